The van der Waals surface area contributed by atoms with Crippen molar-refractivity contribution in [1.82, 2.24) is 5.32 Å². The van der Waals surface area contributed by atoms with Gasteiger partial charge >= 0.3 is 11.9 Å². The summed E-state index contributed by atoms with van der Waals surface area (Å²) in [6.07, 6.45) is 0.729. The van der Waals surface area contributed by atoms with Gasteiger partial charge in [0.2, 0.25) is 0 Å². The number of nitrogens with one attached hydrogen (secondary N) is 1. The van der Waals surface area contributed by atoms with Gasteiger partial charge in [0.05, 0.1) is 13.5 Å². The van der Waals surface area contributed by atoms with Crippen molar-refractivity contribution in [3.63, 3.8) is 0 Å². The molecule has 0 bridgehead atoms. The van der Waals surface area contributed by atoms with Crippen LogP contribution in [-0.4, -0.2) is 37.6 Å². The van der Waals surface area contributed by atoms with Crippen molar-refractivity contribution < 1.29 is 23.9 Å². The van der Waals surface area contributed by atoms with Crippen LogP contribution in [0.2, 0.25) is 5.02 Å². The van der Waals surface area contributed by atoms with E-state index in [0.29, 0.717) is 11.4 Å². The minimum atomic E-state index is -0.762. The average Bonchev–Trinajstić information content (AvgIpc) is 2.58. The van der Waals surface area contributed by atoms with Gasteiger partial charge in [0.25, 0.3) is 5.91 Å². The minimum absolute atomic E-state index is 0.0379. The fraction of sp³-hybridized carbons (Fsp3) is 0.471. The van der Waals surface area contributed by atoms with Crippen LogP contribution in [0.4, 0.5) is 0 Å². The highest BCUT2D eigenvalue weighted by Crippen LogP contribution is 2.11. The molecule has 6 nitrogen and oxygen atoms in total. The van der Waals surface area contributed by atoms with Gasteiger partial charge in [-0.15, -0.1) is 0 Å². The maximum atomic E-state index is 11.9. The van der Waals surface area contributed by atoms with Crippen molar-refractivity contribution in [1.29, 1.82) is 0 Å². The van der Waals surface area contributed by atoms with Gasteiger partial charge in [-0.25, -0.2) is 4.79 Å². The summed E-state index contributed by atoms with van der Waals surface area (Å²) in [5, 5.41) is 3.11. The maximum absolute atomic E-state index is 11.9. The van der Waals surface area contributed by atoms with Crippen LogP contribution in [-0.2, 0) is 30.3 Å². The number of esters is 2. The summed E-state index contributed by atoms with van der Waals surface area (Å²) in [7, 11) is 1.26. The van der Waals surface area contributed by atoms with Gasteiger partial charge in [-0.1, -0.05) is 44.0 Å². The van der Waals surface area contributed by atoms with Gasteiger partial charge < -0.3 is 14.8 Å². The second-order valence-electron chi connectivity index (χ2n) is 5.42. The lowest BCUT2D eigenvalue weighted by Gasteiger charge is -2.21. The molecule has 2 atom stereocenters. The lowest BCUT2D eigenvalue weighted by Crippen LogP contribution is -2.47. The van der Waals surface area contributed by atoms with Crippen molar-refractivity contribution in [2.75, 3.05) is 13.7 Å². The molecule has 0 unspecified atom stereocenters. The molecule has 7 heteroatoms. The highest BCUT2D eigenvalue weighted by molar-refractivity contribution is 6.30. The minimum Gasteiger partial charge on any atom is -0.467 e. The molecule has 1 rings (SSSR count). The normalized spacial score (nSPS) is 12.8. The van der Waals surface area contributed by atoms with Crippen LogP contribution in [0, 0.1) is 5.92 Å². The highest BCUT2D eigenvalue weighted by atomic mass is 35.5. The molecule has 0 aliphatic heterocycles. The van der Waals surface area contributed by atoms with E-state index in [1.54, 1.807) is 24.3 Å². The van der Waals surface area contributed by atoms with Gasteiger partial charge in [0.1, 0.15) is 6.04 Å². The second-order valence-corrected chi connectivity index (χ2v) is 5.85. The molecule has 0 radical (unpaired) electrons. The Bertz CT molecular complexity index is 573. The molecule has 1 aromatic carbocycles. The first-order valence-electron chi connectivity index (χ1n) is 7.64. The number of ether oxygens (including phenoxy) is 2. The Balaban J connectivity index is 2.47. The van der Waals surface area contributed by atoms with Crippen LogP contribution >= 0.6 is 11.6 Å². The average molecular weight is 356 g/mol. The number of hydrogen-bond acceptors (Lipinski definition) is 5. The number of amides is 1. The predicted octanol–water partition coefficient (Wildman–Crippen LogP) is 2.13. The first-order valence-corrected chi connectivity index (χ1v) is 8.02. The third-order valence-corrected chi connectivity index (χ3v) is 3.86. The zero-order valence-electron chi connectivity index (χ0n) is 14.0. The van der Waals surface area contributed by atoms with E-state index in [9.17, 15) is 14.4 Å². The number of halogens is 1. The molecule has 0 spiro atoms. The van der Waals surface area contributed by atoms with E-state index < -0.39 is 30.5 Å². The van der Waals surface area contributed by atoms with Crippen LogP contribution in [0.3, 0.4) is 0 Å². The largest absolute Gasteiger partial charge is 0.467 e. The molecule has 24 heavy (non-hydrogen) atoms. The molecule has 1 amide bonds. The van der Waals surface area contributed by atoms with Crippen LogP contribution in [0.25, 0.3) is 0 Å². The van der Waals surface area contributed by atoms with E-state index in [0.717, 1.165) is 5.56 Å². The summed E-state index contributed by atoms with van der Waals surface area (Å²) in [6.45, 7) is 3.28. The first-order chi connectivity index (χ1) is 11.4. The summed E-state index contributed by atoms with van der Waals surface area (Å²) >= 11 is 5.77. The topological polar surface area (TPSA) is 81.7 Å². The fourth-order valence-corrected chi connectivity index (χ4v) is 2.10. The van der Waals surface area contributed by atoms with E-state index >= 15 is 0 Å². The van der Waals surface area contributed by atoms with Gasteiger partial charge in [0, 0.05) is 5.02 Å². The number of methoxy groups -OCH3 is 1. The van der Waals surface area contributed by atoms with Crippen molar-refractivity contribution in [3.8, 4) is 0 Å². The predicted molar refractivity (Wildman–Crippen MR) is 89.5 cm³/mol. The van der Waals surface area contributed by atoms with E-state index in [2.05, 4.69) is 10.1 Å². The Kier molecular flexibility index (Phi) is 8.26. The monoisotopic (exact) mass is 355 g/mol. The number of carbonyl (C=O) groups is 3. The van der Waals surface area contributed by atoms with Crippen molar-refractivity contribution >= 4 is 29.4 Å². The summed E-state index contributed by atoms with van der Waals surface area (Å²) in [4.78, 5) is 35.3. The van der Waals surface area contributed by atoms with Gasteiger partial charge in [-0.05, 0) is 23.6 Å². The summed E-state index contributed by atoms with van der Waals surface area (Å²) in [5.41, 5.74) is 0.733. The molecule has 0 aliphatic carbocycles. The Morgan fingerprint density at radius 3 is 2.38 bits per heavy atom. The Morgan fingerprint density at radius 1 is 1.21 bits per heavy atom. The van der Waals surface area contributed by atoms with Crippen LogP contribution in [0.15, 0.2) is 24.3 Å². The summed E-state index contributed by atoms with van der Waals surface area (Å²) < 4.78 is 9.61. The summed E-state index contributed by atoms with van der Waals surface area (Å²) in [6, 6.07) is 6.00. The number of rotatable bonds is 8. The van der Waals surface area contributed by atoms with Crippen molar-refractivity contribution in [3.05, 3.63) is 34.9 Å². The van der Waals surface area contributed by atoms with Crippen LogP contribution in [0.5, 0.6) is 0 Å². The van der Waals surface area contributed by atoms with Crippen LogP contribution in [0.1, 0.15) is 25.8 Å². The van der Waals surface area contributed by atoms with Crippen molar-refractivity contribution in [2.45, 2.75) is 32.7 Å². The number of carbonyl (C=O) groups excluding carboxylic acids is 3. The Morgan fingerprint density at radius 2 is 1.83 bits per heavy atom. The smallest absolute Gasteiger partial charge is 0.328 e. The number of hydrogen-bond donors (Lipinski definition) is 1. The molecule has 0 heterocycles. The summed E-state index contributed by atoms with van der Waals surface area (Å²) in [5.74, 6) is -1.70. The molecule has 0 saturated carbocycles. The molecule has 0 saturated heterocycles. The molecule has 0 aliphatic rings. The molecule has 0 fully saturated rings. The second kappa shape index (κ2) is 9.93. The van der Waals surface area contributed by atoms with Gasteiger partial charge in [-0.2, -0.15) is 0 Å². The maximum Gasteiger partial charge on any atom is 0.328 e. The molecule has 0 aromatic heterocycles. The fourth-order valence-electron chi connectivity index (χ4n) is 1.98. The van der Waals surface area contributed by atoms with Crippen molar-refractivity contribution in [2.24, 2.45) is 5.92 Å². The zero-order chi connectivity index (χ0) is 18.1. The van der Waals surface area contributed by atoms with Gasteiger partial charge in [0.15, 0.2) is 6.61 Å². The SMILES string of the molecule is CC[C@H](C)[C@@H](NC(=O)COC(=O)Cc1ccc(Cl)cc1)C(=O)OC. The quantitative estimate of drug-likeness (QED) is 0.722. The standard InChI is InChI=1S/C17H22ClNO5/c1-4-11(2)16(17(22)23-3)19-14(20)10-24-15(21)9-12-5-7-13(18)8-6-12/h5-8,11,16H,4,9-10H2,1-3H3,(H,19,20)/t11-,16+/m0/s1. The lowest BCUT2D eigenvalue weighted by molar-refractivity contribution is -0.150. The molecule has 1 aromatic rings. The van der Waals surface area contributed by atoms with E-state index in [4.69, 9.17) is 16.3 Å². The Labute approximate surface area is 146 Å². The molecular formula is C17H22ClNO5. The molecule has 132 valence electrons. The Hall–Kier alpha value is -2.08. The van der Waals surface area contributed by atoms with Gasteiger partial charge in [-0.3, -0.25) is 9.59 Å². The third kappa shape index (κ3) is 6.58. The van der Waals surface area contributed by atoms with Crippen LogP contribution < -0.4 is 5.32 Å². The molecule has 1 N–H and O–H groups in total. The highest BCUT2D eigenvalue weighted by Gasteiger charge is 2.26. The lowest BCUT2D eigenvalue weighted by atomic mass is 9.99. The third-order valence-electron chi connectivity index (χ3n) is 3.61. The van der Waals surface area contributed by atoms with E-state index in [-0.39, 0.29) is 12.3 Å². The van der Waals surface area contributed by atoms with E-state index in [1.165, 1.54) is 7.11 Å². The first kappa shape index (κ1) is 20.0. The van der Waals surface area contributed by atoms with E-state index in [1.807, 2.05) is 13.8 Å². The zero-order valence-corrected chi connectivity index (χ0v) is 14.8. The number of benzene rings is 1. The molecular weight excluding hydrogens is 334 g/mol.